The SMILES string of the molecule is C/C(=N\O)c1ccc(OCC(C)(C)O)cc1. The summed E-state index contributed by atoms with van der Waals surface area (Å²) in [5.74, 6) is 0.677. The van der Waals surface area contributed by atoms with E-state index in [9.17, 15) is 5.11 Å². The molecule has 0 unspecified atom stereocenters. The second-order valence-corrected chi connectivity index (χ2v) is 4.31. The zero-order valence-corrected chi connectivity index (χ0v) is 9.77. The molecule has 0 aliphatic heterocycles. The molecule has 16 heavy (non-hydrogen) atoms. The molecule has 0 fully saturated rings. The number of oxime groups is 1. The van der Waals surface area contributed by atoms with Gasteiger partial charge in [0.05, 0.1) is 11.3 Å². The average molecular weight is 223 g/mol. The molecule has 0 aliphatic rings. The first-order valence-electron chi connectivity index (χ1n) is 5.06. The van der Waals surface area contributed by atoms with Crippen molar-refractivity contribution in [2.45, 2.75) is 26.4 Å². The maximum atomic E-state index is 9.48. The van der Waals surface area contributed by atoms with Gasteiger partial charge in [-0.15, -0.1) is 0 Å². The molecule has 1 aromatic carbocycles. The van der Waals surface area contributed by atoms with Crippen molar-refractivity contribution in [1.29, 1.82) is 0 Å². The van der Waals surface area contributed by atoms with Crippen LogP contribution in [0.15, 0.2) is 29.4 Å². The van der Waals surface area contributed by atoms with Crippen LogP contribution in [0, 0.1) is 0 Å². The molecule has 0 saturated heterocycles. The van der Waals surface area contributed by atoms with Crippen molar-refractivity contribution in [2.75, 3.05) is 6.61 Å². The van der Waals surface area contributed by atoms with Gasteiger partial charge in [0, 0.05) is 0 Å². The predicted octanol–water partition coefficient (Wildman–Crippen LogP) is 2.03. The lowest BCUT2D eigenvalue weighted by Gasteiger charge is -2.17. The fourth-order valence-corrected chi connectivity index (χ4v) is 1.11. The lowest BCUT2D eigenvalue weighted by molar-refractivity contribution is 0.0285. The number of ether oxygens (including phenoxy) is 1. The van der Waals surface area contributed by atoms with Crippen LogP contribution >= 0.6 is 0 Å². The van der Waals surface area contributed by atoms with Crippen LogP contribution in [0.3, 0.4) is 0 Å². The predicted molar refractivity (Wildman–Crippen MR) is 62.2 cm³/mol. The van der Waals surface area contributed by atoms with E-state index in [1.165, 1.54) is 0 Å². The van der Waals surface area contributed by atoms with E-state index in [1.807, 2.05) is 0 Å². The van der Waals surface area contributed by atoms with Crippen molar-refractivity contribution in [3.05, 3.63) is 29.8 Å². The average Bonchev–Trinajstić information content (AvgIpc) is 2.25. The first-order valence-corrected chi connectivity index (χ1v) is 5.06. The van der Waals surface area contributed by atoms with Crippen molar-refractivity contribution in [1.82, 2.24) is 0 Å². The van der Waals surface area contributed by atoms with E-state index in [4.69, 9.17) is 9.94 Å². The van der Waals surface area contributed by atoms with Gasteiger partial charge in [0.25, 0.3) is 0 Å². The van der Waals surface area contributed by atoms with E-state index < -0.39 is 5.60 Å². The highest BCUT2D eigenvalue weighted by Crippen LogP contribution is 2.14. The van der Waals surface area contributed by atoms with Crippen molar-refractivity contribution >= 4 is 5.71 Å². The van der Waals surface area contributed by atoms with Gasteiger partial charge < -0.3 is 15.1 Å². The summed E-state index contributed by atoms with van der Waals surface area (Å²) >= 11 is 0. The van der Waals surface area contributed by atoms with E-state index in [-0.39, 0.29) is 6.61 Å². The quantitative estimate of drug-likeness (QED) is 0.466. The summed E-state index contributed by atoms with van der Waals surface area (Å²) in [7, 11) is 0. The third-order valence-electron chi connectivity index (χ3n) is 2.01. The minimum absolute atomic E-state index is 0.236. The molecular formula is C12H17NO3. The third kappa shape index (κ3) is 3.90. The van der Waals surface area contributed by atoms with Crippen molar-refractivity contribution in [3.8, 4) is 5.75 Å². The highest BCUT2D eigenvalue weighted by atomic mass is 16.5. The fourth-order valence-electron chi connectivity index (χ4n) is 1.11. The van der Waals surface area contributed by atoms with Gasteiger partial charge in [0.2, 0.25) is 0 Å². The van der Waals surface area contributed by atoms with Gasteiger partial charge in [-0.3, -0.25) is 0 Å². The number of nitrogens with zero attached hydrogens (tertiary/aromatic N) is 1. The summed E-state index contributed by atoms with van der Waals surface area (Å²) in [6, 6.07) is 7.15. The second kappa shape index (κ2) is 4.99. The number of aliphatic hydroxyl groups is 1. The highest BCUT2D eigenvalue weighted by Gasteiger charge is 2.13. The Morgan fingerprint density at radius 2 is 1.88 bits per heavy atom. The summed E-state index contributed by atoms with van der Waals surface area (Å²) < 4.78 is 5.39. The normalized spacial score (nSPS) is 12.6. The largest absolute Gasteiger partial charge is 0.491 e. The highest BCUT2D eigenvalue weighted by molar-refractivity contribution is 5.98. The molecule has 0 aromatic heterocycles. The molecule has 1 aromatic rings. The first kappa shape index (κ1) is 12.5. The Hall–Kier alpha value is -1.55. The Kier molecular flexibility index (Phi) is 3.90. The van der Waals surface area contributed by atoms with Gasteiger partial charge in [0.1, 0.15) is 12.4 Å². The molecule has 4 heteroatoms. The van der Waals surface area contributed by atoms with Gasteiger partial charge in [-0.1, -0.05) is 5.16 Å². The van der Waals surface area contributed by atoms with Crippen LogP contribution in [-0.4, -0.2) is 28.2 Å². The summed E-state index contributed by atoms with van der Waals surface area (Å²) in [5.41, 5.74) is 0.536. The Balaban J connectivity index is 2.65. The molecule has 0 radical (unpaired) electrons. The molecule has 88 valence electrons. The van der Waals surface area contributed by atoms with Crippen LogP contribution < -0.4 is 4.74 Å². The first-order chi connectivity index (χ1) is 7.42. The molecule has 4 nitrogen and oxygen atoms in total. The Bertz CT molecular complexity index is 363. The molecule has 0 saturated carbocycles. The van der Waals surface area contributed by atoms with E-state index in [0.717, 1.165) is 5.56 Å². The molecule has 0 spiro atoms. The fraction of sp³-hybridized carbons (Fsp3) is 0.417. The van der Waals surface area contributed by atoms with E-state index in [2.05, 4.69) is 5.16 Å². The van der Waals surface area contributed by atoms with Gasteiger partial charge in [-0.2, -0.15) is 0 Å². The number of hydrogen-bond donors (Lipinski definition) is 2. The lowest BCUT2D eigenvalue weighted by atomic mass is 10.1. The lowest BCUT2D eigenvalue weighted by Crippen LogP contribution is -2.27. The molecule has 0 atom stereocenters. The number of hydrogen-bond acceptors (Lipinski definition) is 4. The van der Waals surface area contributed by atoms with E-state index >= 15 is 0 Å². The summed E-state index contributed by atoms with van der Waals surface area (Å²) in [6.45, 7) is 5.32. The van der Waals surface area contributed by atoms with Crippen molar-refractivity contribution < 1.29 is 15.1 Å². The topological polar surface area (TPSA) is 62.1 Å². The van der Waals surface area contributed by atoms with Gasteiger partial charge in [-0.25, -0.2) is 0 Å². The van der Waals surface area contributed by atoms with Gasteiger partial charge in [-0.05, 0) is 50.6 Å². The Morgan fingerprint density at radius 3 is 2.31 bits per heavy atom. The molecule has 1 rings (SSSR count). The van der Waals surface area contributed by atoms with Gasteiger partial charge >= 0.3 is 0 Å². The maximum Gasteiger partial charge on any atom is 0.119 e. The summed E-state index contributed by atoms with van der Waals surface area (Å²) in [6.07, 6.45) is 0. The van der Waals surface area contributed by atoms with Crippen molar-refractivity contribution in [3.63, 3.8) is 0 Å². The number of benzene rings is 1. The third-order valence-corrected chi connectivity index (χ3v) is 2.01. The van der Waals surface area contributed by atoms with Crippen LogP contribution in [0.5, 0.6) is 5.75 Å². The van der Waals surface area contributed by atoms with Crippen LogP contribution in [0.4, 0.5) is 0 Å². The van der Waals surface area contributed by atoms with Crippen LogP contribution in [-0.2, 0) is 0 Å². The molecule has 0 heterocycles. The molecule has 2 N–H and O–H groups in total. The summed E-state index contributed by atoms with van der Waals surface area (Å²) in [5, 5.41) is 21.2. The maximum absolute atomic E-state index is 9.48. The van der Waals surface area contributed by atoms with Crippen LogP contribution in [0.2, 0.25) is 0 Å². The van der Waals surface area contributed by atoms with Crippen molar-refractivity contribution in [2.24, 2.45) is 5.16 Å². The number of rotatable bonds is 4. The van der Waals surface area contributed by atoms with Crippen LogP contribution in [0.1, 0.15) is 26.3 Å². The zero-order chi connectivity index (χ0) is 12.2. The molecular weight excluding hydrogens is 206 g/mol. The van der Waals surface area contributed by atoms with E-state index in [0.29, 0.717) is 11.5 Å². The minimum atomic E-state index is -0.846. The monoisotopic (exact) mass is 223 g/mol. The Labute approximate surface area is 95.2 Å². The summed E-state index contributed by atoms with van der Waals surface area (Å²) in [4.78, 5) is 0. The standard InChI is InChI=1S/C12H17NO3/c1-9(13-15)10-4-6-11(7-5-10)16-8-12(2,3)14/h4-7,14-15H,8H2,1-3H3/b13-9+. The Morgan fingerprint density at radius 1 is 1.31 bits per heavy atom. The van der Waals surface area contributed by atoms with Gasteiger partial charge in [0.15, 0.2) is 0 Å². The molecule has 0 bridgehead atoms. The minimum Gasteiger partial charge on any atom is -0.491 e. The molecule has 0 aliphatic carbocycles. The van der Waals surface area contributed by atoms with Crippen LogP contribution in [0.25, 0.3) is 0 Å². The molecule has 0 amide bonds. The zero-order valence-electron chi connectivity index (χ0n) is 9.77. The van der Waals surface area contributed by atoms with E-state index in [1.54, 1.807) is 45.0 Å². The smallest absolute Gasteiger partial charge is 0.119 e. The second-order valence-electron chi connectivity index (χ2n) is 4.31.